The number of hydrogen-bond donors (Lipinski definition) is 4. The maximum Gasteiger partial charge on any atom is 0.232 e. The third-order valence-corrected chi connectivity index (χ3v) is 5.67. The van der Waals surface area contributed by atoms with E-state index in [-0.39, 0.29) is 6.10 Å². The maximum atomic E-state index is 10.1. The lowest BCUT2D eigenvalue weighted by atomic mass is 10.1. The number of rotatable bonds is 8. The number of oxazole rings is 1. The zero-order chi connectivity index (χ0) is 23.5. The van der Waals surface area contributed by atoms with Gasteiger partial charge in [-0.3, -0.25) is 5.32 Å². The minimum Gasteiger partial charge on any atom is -0.495 e. The Labute approximate surface area is 195 Å². The number of nitrogens with one attached hydrogen (secondary N) is 3. The number of aromatic nitrogens is 4. The summed E-state index contributed by atoms with van der Waals surface area (Å²) in [5.74, 6) is 1.74. The number of nitrogens with zero attached hydrogens (tertiary/aromatic N) is 3. The summed E-state index contributed by atoms with van der Waals surface area (Å²) in [5.41, 5.74) is 2.61. The molecule has 0 amide bonds. The van der Waals surface area contributed by atoms with Gasteiger partial charge in [-0.25, -0.2) is 4.98 Å². The lowest BCUT2D eigenvalue weighted by Crippen LogP contribution is -2.26. The van der Waals surface area contributed by atoms with Crippen molar-refractivity contribution in [2.24, 2.45) is 0 Å². The summed E-state index contributed by atoms with van der Waals surface area (Å²) < 4.78 is 22.8. The van der Waals surface area contributed by atoms with Gasteiger partial charge in [-0.05, 0) is 24.7 Å². The van der Waals surface area contributed by atoms with Gasteiger partial charge < -0.3 is 34.0 Å². The van der Waals surface area contributed by atoms with Crippen LogP contribution in [0.25, 0.3) is 22.5 Å². The maximum absolute atomic E-state index is 10.1. The molecule has 178 valence electrons. The molecule has 4 heterocycles. The van der Waals surface area contributed by atoms with E-state index in [0.29, 0.717) is 59.0 Å². The highest BCUT2D eigenvalue weighted by Crippen LogP contribution is 2.36. The minimum absolute atomic E-state index is 0.0242. The van der Waals surface area contributed by atoms with Crippen LogP contribution in [0.5, 0.6) is 11.6 Å². The molecule has 4 aromatic rings. The van der Waals surface area contributed by atoms with Crippen molar-refractivity contribution in [2.45, 2.75) is 25.2 Å². The fourth-order valence-electron chi connectivity index (χ4n) is 3.89. The third-order valence-electron chi connectivity index (χ3n) is 5.67. The summed E-state index contributed by atoms with van der Waals surface area (Å²) in [5, 5.41) is 16.8. The summed E-state index contributed by atoms with van der Waals surface area (Å²) in [6, 6.07) is 5.34. The second kappa shape index (κ2) is 9.67. The first kappa shape index (κ1) is 22.1. The molecule has 0 saturated carbocycles. The van der Waals surface area contributed by atoms with Gasteiger partial charge in [-0.15, -0.1) is 0 Å². The third kappa shape index (κ3) is 4.40. The molecule has 1 fully saturated rings. The Morgan fingerprint density at radius 1 is 1.24 bits per heavy atom. The quantitative estimate of drug-likeness (QED) is 0.286. The molecule has 0 aliphatic carbocycles. The van der Waals surface area contributed by atoms with E-state index in [1.54, 1.807) is 44.8 Å². The SMILES string of the molecule is CNC(O)c1ccc(Nc2nc(OC3CCOCC3)c3c(-c4ncco4)c[nH]c3n2)c(OC)c1. The molecule has 3 aromatic heterocycles. The number of aromatic amines is 1. The summed E-state index contributed by atoms with van der Waals surface area (Å²) in [6.45, 7) is 1.29. The average molecular weight is 466 g/mol. The van der Waals surface area contributed by atoms with Gasteiger partial charge in [-0.2, -0.15) is 9.97 Å². The largest absolute Gasteiger partial charge is 0.495 e. The Kier molecular flexibility index (Phi) is 6.30. The Bertz CT molecular complexity index is 1250. The molecule has 5 rings (SSSR count). The Balaban J connectivity index is 1.53. The number of fused-ring (bicyclic) bond motifs is 1. The van der Waals surface area contributed by atoms with Crippen molar-refractivity contribution >= 4 is 22.7 Å². The molecular formula is C23H26N6O5. The number of H-pyrrole nitrogens is 1. The molecule has 1 aliphatic rings. The molecular weight excluding hydrogens is 440 g/mol. The lowest BCUT2D eigenvalue weighted by molar-refractivity contribution is 0.0244. The van der Waals surface area contributed by atoms with E-state index in [1.165, 1.54) is 6.26 Å². The van der Waals surface area contributed by atoms with E-state index in [4.69, 9.17) is 23.6 Å². The van der Waals surface area contributed by atoms with Crippen LogP contribution in [-0.2, 0) is 4.74 Å². The van der Waals surface area contributed by atoms with Crippen LogP contribution < -0.4 is 20.1 Å². The van der Waals surface area contributed by atoms with E-state index in [9.17, 15) is 5.11 Å². The van der Waals surface area contributed by atoms with Gasteiger partial charge in [0.25, 0.3) is 0 Å². The van der Waals surface area contributed by atoms with E-state index < -0.39 is 6.23 Å². The summed E-state index contributed by atoms with van der Waals surface area (Å²) >= 11 is 0. The number of benzene rings is 1. The number of methoxy groups -OCH3 is 1. The summed E-state index contributed by atoms with van der Waals surface area (Å²) in [6.07, 6.45) is 5.61. The lowest BCUT2D eigenvalue weighted by Gasteiger charge is -2.23. The Morgan fingerprint density at radius 3 is 2.82 bits per heavy atom. The summed E-state index contributed by atoms with van der Waals surface area (Å²) in [4.78, 5) is 16.8. The van der Waals surface area contributed by atoms with Crippen LogP contribution in [0.2, 0.25) is 0 Å². The van der Waals surface area contributed by atoms with Crippen molar-refractivity contribution < 1.29 is 23.7 Å². The highest BCUT2D eigenvalue weighted by atomic mass is 16.5. The predicted molar refractivity (Wildman–Crippen MR) is 124 cm³/mol. The first-order valence-electron chi connectivity index (χ1n) is 11.0. The molecule has 1 aliphatic heterocycles. The van der Waals surface area contributed by atoms with Crippen LogP contribution in [0, 0.1) is 0 Å². The molecule has 1 saturated heterocycles. The van der Waals surface area contributed by atoms with Crippen molar-refractivity contribution in [1.82, 2.24) is 25.3 Å². The van der Waals surface area contributed by atoms with Crippen molar-refractivity contribution in [3.8, 4) is 23.1 Å². The van der Waals surface area contributed by atoms with Gasteiger partial charge in [0.2, 0.25) is 17.7 Å². The zero-order valence-corrected chi connectivity index (χ0v) is 18.9. The molecule has 0 spiro atoms. The molecule has 0 radical (unpaired) electrons. The number of aliphatic hydroxyl groups is 1. The van der Waals surface area contributed by atoms with E-state index >= 15 is 0 Å². The van der Waals surface area contributed by atoms with Gasteiger partial charge in [-0.1, -0.05) is 6.07 Å². The van der Waals surface area contributed by atoms with Crippen LogP contribution in [-0.4, -0.2) is 58.5 Å². The smallest absolute Gasteiger partial charge is 0.232 e. The van der Waals surface area contributed by atoms with Crippen LogP contribution in [0.4, 0.5) is 11.6 Å². The molecule has 4 N–H and O–H groups in total. The van der Waals surface area contributed by atoms with Gasteiger partial charge in [0.05, 0.1) is 43.2 Å². The molecule has 1 aromatic carbocycles. The van der Waals surface area contributed by atoms with Crippen LogP contribution >= 0.6 is 0 Å². The van der Waals surface area contributed by atoms with Gasteiger partial charge >= 0.3 is 0 Å². The van der Waals surface area contributed by atoms with Gasteiger partial charge in [0.15, 0.2) is 0 Å². The molecule has 0 bridgehead atoms. The second-order valence-electron chi connectivity index (χ2n) is 7.82. The molecule has 11 nitrogen and oxygen atoms in total. The van der Waals surface area contributed by atoms with Crippen molar-refractivity contribution in [3.63, 3.8) is 0 Å². The molecule has 1 atom stereocenters. The first-order valence-corrected chi connectivity index (χ1v) is 11.0. The van der Waals surface area contributed by atoms with Crippen molar-refractivity contribution in [1.29, 1.82) is 0 Å². The standard InChI is InChI=1S/C23H26N6O5/c1-24-20(30)13-3-4-16(17(11-13)31-2)27-23-28-19-18(15(12-26-19)21-25-7-10-33-21)22(29-23)34-14-5-8-32-9-6-14/h3-4,7,10-12,14,20,24,30H,5-6,8-9H2,1-2H3,(H2,26,27,28,29). The monoisotopic (exact) mass is 466 g/mol. The molecule has 1 unspecified atom stereocenters. The average Bonchev–Trinajstić information content (AvgIpc) is 3.54. The Morgan fingerprint density at radius 2 is 2.09 bits per heavy atom. The topological polar surface area (TPSA) is 140 Å². The zero-order valence-electron chi connectivity index (χ0n) is 18.9. The van der Waals surface area contributed by atoms with Crippen molar-refractivity contribution in [2.75, 3.05) is 32.7 Å². The fraction of sp³-hybridized carbons (Fsp3) is 0.348. The van der Waals surface area contributed by atoms with Gasteiger partial charge in [0, 0.05) is 19.0 Å². The highest BCUT2D eigenvalue weighted by molar-refractivity contribution is 5.96. The molecule has 34 heavy (non-hydrogen) atoms. The normalized spacial score (nSPS) is 15.4. The predicted octanol–water partition coefficient (Wildman–Crippen LogP) is 3.13. The summed E-state index contributed by atoms with van der Waals surface area (Å²) in [7, 11) is 3.24. The number of aliphatic hydroxyl groups excluding tert-OH is 1. The highest BCUT2D eigenvalue weighted by Gasteiger charge is 2.23. The second-order valence-corrected chi connectivity index (χ2v) is 7.82. The minimum atomic E-state index is -0.803. The van der Waals surface area contributed by atoms with Crippen LogP contribution in [0.1, 0.15) is 24.6 Å². The van der Waals surface area contributed by atoms with Crippen LogP contribution in [0.3, 0.4) is 0 Å². The van der Waals surface area contributed by atoms with Crippen LogP contribution in [0.15, 0.2) is 41.3 Å². The van der Waals surface area contributed by atoms with Crippen molar-refractivity contribution in [3.05, 3.63) is 42.4 Å². The van der Waals surface area contributed by atoms with E-state index in [2.05, 4.69) is 25.6 Å². The van der Waals surface area contributed by atoms with Gasteiger partial charge in [0.1, 0.15) is 30.0 Å². The van der Waals surface area contributed by atoms with E-state index in [1.807, 2.05) is 0 Å². The first-order chi connectivity index (χ1) is 16.7. The fourth-order valence-corrected chi connectivity index (χ4v) is 3.89. The molecule has 11 heteroatoms. The number of anilines is 2. The number of hydrogen-bond acceptors (Lipinski definition) is 10. The van der Waals surface area contributed by atoms with E-state index in [0.717, 1.165) is 18.4 Å². The number of ether oxygens (including phenoxy) is 3. The Hall–Kier alpha value is -3.67.